The summed E-state index contributed by atoms with van der Waals surface area (Å²) in [5, 5.41) is 13.2. The zero-order valence-electron chi connectivity index (χ0n) is 15.9. The smallest absolute Gasteiger partial charge is 0.275 e. The lowest BCUT2D eigenvalue weighted by atomic mass is 10.1. The van der Waals surface area contributed by atoms with Crippen molar-refractivity contribution in [2.24, 2.45) is 0 Å². The van der Waals surface area contributed by atoms with E-state index in [1.165, 1.54) is 5.56 Å². The van der Waals surface area contributed by atoms with Crippen LogP contribution in [0.1, 0.15) is 11.5 Å². The molecule has 0 aliphatic rings. The molecule has 2 aromatic heterocycles. The topological polar surface area (TPSA) is 81.7 Å². The molecule has 3 aromatic rings. The summed E-state index contributed by atoms with van der Waals surface area (Å²) in [5.41, 5.74) is 1.21. The van der Waals surface area contributed by atoms with Crippen molar-refractivity contribution in [3.05, 3.63) is 59.3 Å². The molecule has 0 aliphatic heterocycles. The maximum atomic E-state index is 12.4. The fraction of sp³-hybridized carbons (Fsp3) is 0.350. The van der Waals surface area contributed by atoms with Gasteiger partial charge in [-0.25, -0.2) is 0 Å². The largest absolute Gasteiger partial charge is 0.414 e. The molecule has 2 heterocycles. The fourth-order valence-electron chi connectivity index (χ4n) is 2.80. The van der Waals surface area contributed by atoms with Gasteiger partial charge in [-0.15, -0.1) is 21.5 Å². The lowest BCUT2D eigenvalue weighted by Gasteiger charge is -2.17. The Hall–Kier alpha value is -2.55. The first-order valence-electron chi connectivity index (χ1n) is 9.24. The van der Waals surface area contributed by atoms with E-state index >= 15 is 0 Å². The lowest BCUT2D eigenvalue weighted by molar-refractivity contribution is -0.907. The Morgan fingerprint density at radius 3 is 2.82 bits per heavy atom. The number of ether oxygens (including phenoxy) is 1. The van der Waals surface area contributed by atoms with E-state index in [2.05, 4.69) is 27.6 Å². The molecule has 0 bridgehead atoms. The minimum Gasteiger partial charge on any atom is -0.414 e. The lowest BCUT2D eigenvalue weighted by Crippen LogP contribution is -3.12. The molecule has 2 N–H and O–H groups in total. The quantitative estimate of drug-likeness (QED) is 0.504. The molecule has 148 valence electrons. The first-order chi connectivity index (χ1) is 13.7. The normalized spacial score (nSPS) is 12.0. The molecule has 0 radical (unpaired) electrons. The maximum Gasteiger partial charge on any atom is 0.275 e. The van der Waals surface area contributed by atoms with Gasteiger partial charge in [0.2, 0.25) is 0 Å². The Morgan fingerprint density at radius 2 is 2.07 bits per heavy atom. The van der Waals surface area contributed by atoms with Crippen molar-refractivity contribution in [3.8, 4) is 10.8 Å². The van der Waals surface area contributed by atoms with Gasteiger partial charge in [-0.1, -0.05) is 36.4 Å². The van der Waals surface area contributed by atoms with Gasteiger partial charge in [0.25, 0.3) is 17.7 Å². The van der Waals surface area contributed by atoms with E-state index in [0.717, 1.165) is 16.2 Å². The molecule has 28 heavy (non-hydrogen) atoms. The van der Waals surface area contributed by atoms with E-state index in [1.54, 1.807) is 18.4 Å². The maximum absolute atomic E-state index is 12.4. The van der Waals surface area contributed by atoms with Gasteiger partial charge in [0.15, 0.2) is 13.1 Å². The fourth-order valence-corrected chi connectivity index (χ4v) is 3.45. The van der Waals surface area contributed by atoms with Crippen LogP contribution in [0.5, 0.6) is 0 Å². The summed E-state index contributed by atoms with van der Waals surface area (Å²) in [5.74, 6) is 1.04. The predicted molar refractivity (Wildman–Crippen MR) is 107 cm³/mol. The van der Waals surface area contributed by atoms with Gasteiger partial charge in [-0.3, -0.25) is 4.79 Å². The van der Waals surface area contributed by atoms with Crippen molar-refractivity contribution in [2.45, 2.75) is 13.0 Å². The third kappa shape index (κ3) is 6.26. The highest BCUT2D eigenvalue weighted by Gasteiger charge is 2.19. The highest BCUT2D eigenvalue weighted by atomic mass is 32.1. The zero-order chi connectivity index (χ0) is 19.6. The second-order valence-corrected chi connectivity index (χ2v) is 7.36. The summed E-state index contributed by atoms with van der Waals surface area (Å²) in [6.07, 6.45) is 0.813. The standard InChI is InChI=1S/C20H24N4O3S/c1-26-12-11-24(14-18(25)21-10-9-16-6-3-2-4-7-16)15-19-22-23-20(27-19)17-8-5-13-28-17/h2-8,13H,9-12,14-15H2,1H3,(H,21,25)/p+1. The third-order valence-electron chi connectivity index (χ3n) is 4.25. The Morgan fingerprint density at radius 1 is 1.21 bits per heavy atom. The van der Waals surface area contributed by atoms with Crippen molar-refractivity contribution < 1.29 is 18.8 Å². The number of rotatable bonds is 11. The van der Waals surface area contributed by atoms with Crippen molar-refractivity contribution >= 4 is 17.2 Å². The number of hydrogen-bond donors (Lipinski definition) is 2. The van der Waals surface area contributed by atoms with Crippen LogP contribution >= 0.6 is 11.3 Å². The molecule has 1 unspecified atom stereocenters. The summed E-state index contributed by atoms with van der Waals surface area (Å²) in [6.45, 7) is 2.66. The average Bonchev–Trinajstić information content (AvgIpc) is 3.39. The first-order valence-corrected chi connectivity index (χ1v) is 10.1. The number of aromatic nitrogens is 2. The van der Waals surface area contributed by atoms with Crippen LogP contribution in [0.25, 0.3) is 10.8 Å². The van der Waals surface area contributed by atoms with Crippen molar-refractivity contribution in [1.82, 2.24) is 15.5 Å². The van der Waals surface area contributed by atoms with Gasteiger partial charge in [-0.05, 0) is 23.4 Å². The summed E-state index contributed by atoms with van der Waals surface area (Å²) >= 11 is 1.55. The third-order valence-corrected chi connectivity index (χ3v) is 5.11. The van der Waals surface area contributed by atoms with Crippen LogP contribution in [0.15, 0.2) is 52.3 Å². The average molecular weight is 402 g/mol. The second kappa shape index (κ2) is 10.7. The van der Waals surface area contributed by atoms with Crippen LogP contribution in [0.2, 0.25) is 0 Å². The monoisotopic (exact) mass is 401 g/mol. The van der Waals surface area contributed by atoms with E-state index in [-0.39, 0.29) is 5.91 Å². The SMILES string of the molecule is COCC[NH+](CC(=O)NCCc1ccccc1)Cc1nnc(-c2cccs2)o1. The molecule has 0 aliphatic carbocycles. The highest BCUT2D eigenvalue weighted by Crippen LogP contribution is 2.22. The molecule has 1 atom stereocenters. The molecule has 0 spiro atoms. The number of amides is 1. The van der Waals surface area contributed by atoms with Crippen molar-refractivity contribution in [3.63, 3.8) is 0 Å². The molecular weight excluding hydrogens is 376 g/mol. The Labute approximate surface area is 168 Å². The highest BCUT2D eigenvalue weighted by molar-refractivity contribution is 7.13. The van der Waals surface area contributed by atoms with E-state index in [1.807, 2.05) is 35.7 Å². The molecule has 1 amide bonds. The number of quaternary nitrogens is 1. The molecule has 7 nitrogen and oxygen atoms in total. The molecule has 3 rings (SSSR count). The minimum absolute atomic E-state index is 0.0000276. The summed E-state index contributed by atoms with van der Waals surface area (Å²) in [4.78, 5) is 14.3. The van der Waals surface area contributed by atoms with Gasteiger partial charge in [0.1, 0.15) is 6.54 Å². The number of carbonyl (C=O) groups is 1. The van der Waals surface area contributed by atoms with Gasteiger partial charge in [0, 0.05) is 13.7 Å². The number of benzene rings is 1. The number of nitrogens with zero attached hydrogens (tertiary/aromatic N) is 2. The van der Waals surface area contributed by atoms with Crippen LogP contribution in [-0.4, -0.2) is 49.5 Å². The number of nitrogens with one attached hydrogen (secondary N) is 2. The number of hydrogen-bond acceptors (Lipinski definition) is 6. The zero-order valence-corrected chi connectivity index (χ0v) is 16.7. The van der Waals surface area contributed by atoms with Crippen LogP contribution in [0.4, 0.5) is 0 Å². The molecule has 0 fully saturated rings. The first kappa shape index (κ1) is 20.2. The second-order valence-electron chi connectivity index (χ2n) is 6.41. The van der Waals surface area contributed by atoms with Crippen LogP contribution in [-0.2, 0) is 22.5 Å². The molecule has 1 aromatic carbocycles. The number of carbonyl (C=O) groups excluding carboxylic acids is 1. The predicted octanol–water partition coefficient (Wildman–Crippen LogP) is 1.19. The number of methoxy groups -OCH3 is 1. The van der Waals surface area contributed by atoms with Crippen molar-refractivity contribution in [2.75, 3.05) is 33.4 Å². The summed E-state index contributed by atoms with van der Waals surface area (Å²) < 4.78 is 10.9. The minimum atomic E-state index is 0.0000276. The van der Waals surface area contributed by atoms with E-state index in [9.17, 15) is 4.79 Å². The van der Waals surface area contributed by atoms with Crippen LogP contribution in [0.3, 0.4) is 0 Å². The molecule has 0 saturated heterocycles. The Kier molecular flexibility index (Phi) is 7.71. The molecule has 8 heteroatoms. The van der Waals surface area contributed by atoms with Gasteiger partial charge >= 0.3 is 0 Å². The molecule has 0 saturated carbocycles. The molecular formula is C20H25N4O3S+. The van der Waals surface area contributed by atoms with E-state index in [0.29, 0.717) is 44.6 Å². The van der Waals surface area contributed by atoms with Gasteiger partial charge < -0.3 is 19.4 Å². The van der Waals surface area contributed by atoms with E-state index in [4.69, 9.17) is 9.15 Å². The van der Waals surface area contributed by atoms with Crippen LogP contribution in [0, 0.1) is 0 Å². The van der Waals surface area contributed by atoms with E-state index < -0.39 is 0 Å². The Balaban J connectivity index is 1.50. The van der Waals surface area contributed by atoms with Crippen LogP contribution < -0.4 is 10.2 Å². The van der Waals surface area contributed by atoms with Gasteiger partial charge in [-0.2, -0.15) is 0 Å². The van der Waals surface area contributed by atoms with Gasteiger partial charge in [0.05, 0.1) is 11.5 Å². The van der Waals surface area contributed by atoms with Crippen molar-refractivity contribution in [1.29, 1.82) is 0 Å². The summed E-state index contributed by atoms with van der Waals surface area (Å²) in [7, 11) is 1.65. The number of thiophene rings is 1. The Bertz CT molecular complexity index is 836. The summed E-state index contributed by atoms with van der Waals surface area (Å²) in [6, 6.07) is 14.0.